The minimum absolute atomic E-state index is 0.0635. The Morgan fingerprint density at radius 2 is 1.82 bits per heavy atom. The molecule has 1 aromatic carbocycles. The van der Waals surface area contributed by atoms with Gasteiger partial charge in [-0.1, -0.05) is 23.8 Å². The number of piperidine rings is 1. The predicted octanol–water partition coefficient (Wildman–Crippen LogP) is 2.36. The van der Waals surface area contributed by atoms with Crippen LogP contribution in [0.1, 0.15) is 28.9 Å². The molecule has 2 aliphatic heterocycles. The molecule has 1 aromatic heterocycles. The summed E-state index contributed by atoms with van der Waals surface area (Å²) in [5.74, 6) is 0.0279. The van der Waals surface area contributed by atoms with Crippen molar-refractivity contribution < 1.29 is 13.2 Å². The van der Waals surface area contributed by atoms with E-state index in [0.717, 1.165) is 24.9 Å². The van der Waals surface area contributed by atoms with Crippen LogP contribution in [0.2, 0.25) is 0 Å². The van der Waals surface area contributed by atoms with E-state index in [1.54, 1.807) is 30.5 Å². The molecule has 1 unspecified atom stereocenters. The van der Waals surface area contributed by atoms with Crippen LogP contribution in [0.15, 0.2) is 53.6 Å². The van der Waals surface area contributed by atoms with Crippen molar-refractivity contribution in [2.75, 3.05) is 26.2 Å². The fourth-order valence-corrected chi connectivity index (χ4v) is 5.49. The highest BCUT2D eigenvalue weighted by Crippen LogP contribution is 2.28. The molecular formula is C21H25N3O3S. The van der Waals surface area contributed by atoms with E-state index in [2.05, 4.69) is 9.88 Å². The van der Waals surface area contributed by atoms with Crippen LogP contribution in [-0.2, 0) is 10.0 Å². The van der Waals surface area contributed by atoms with Crippen molar-refractivity contribution in [3.63, 3.8) is 0 Å². The fraction of sp³-hybridized carbons (Fsp3) is 0.429. The third-order valence-electron chi connectivity index (χ3n) is 5.74. The van der Waals surface area contributed by atoms with Crippen LogP contribution < -0.4 is 0 Å². The first-order valence-electron chi connectivity index (χ1n) is 9.71. The van der Waals surface area contributed by atoms with Crippen LogP contribution in [0.25, 0.3) is 0 Å². The van der Waals surface area contributed by atoms with Gasteiger partial charge in [-0.25, -0.2) is 8.42 Å². The van der Waals surface area contributed by atoms with Crippen molar-refractivity contribution >= 4 is 15.8 Å². The van der Waals surface area contributed by atoms with E-state index < -0.39 is 10.0 Å². The highest BCUT2D eigenvalue weighted by Gasteiger charge is 2.41. The molecule has 1 atom stereocenters. The second-order valence-electron chi connectivity index (χ2n) is 7.70. The van der Waals surface area contributed by atoms with Gasteiger partial charge < -0.3 is 0 Å². The fourth-order valence-electron chi connectivity index (χ4n) is 3.97. The summed E-state index contributed by atoms with van der Waals surface area (Å²) in [5.41, 5.74) is 1.56. The smallest absolute Gasteiger partial charge is 0.243 e. The molecule has 2 aliphatic rings. The Morgan fingerprint density at radius 3 is 2.50 bits per heavy atom. The van der Waals surface area contributed by atoms with Crippen LogP contribution in [0, 0.1) is 12.8 Å². The Bertz CT molecular complexity index is 939. The first-order chi connectivity index (χ1) is 13.4. The van der Waals surface area contributed by atoms with Gasteiger partial charge in [0, 0.05) is 37.8 Å². The highest BCUT2D eigenvalue weighted by molar-refractivity contribution is 7.89. The number of rotatable bonds is 5. The Morgan fingerprint density at radius 1 is 1.07 bits per heavy atom. The van der Waals surface area contributed by atoms with E-state index in [4.69, 9.17) is 0 Å². The summed E-state index contributed by atoms with van der Waals surface area (Å²) in [7, 11) is -3.43. The molecule has 28 heavy (non-hydrogen) atoms. The summed E-state index contributed by atoms with van der Waals surface area (Å²) in [6.45, 7) is 4.50. The van der Waals surface area contributed by atoms with Gasteiger partial charge in [0.15, 0.2) is 5.78 Å². The molecule has 0 spiro atoms. The van der Waals surface area contributed by atoms with Crippen molar-refractivity contribution in [1.82, 2.24) is 14.2 Å². The zero-order chi connectivity index (χ0) is 19.7. The molecule has 0 radical (unpaired) electrons. The third kappa shape index (κ3) is 3.74. The number of Topliss-reactive ketones (excluding diaryl/α,β-unsaturated/α-hetero) is 1. The number of ketones is 1. The van der Waals surface area contributed by atoms with Gasteiger partial charge in [0.05, 0.1) is 4.90 Å². The van der Waals surface area contributed by atoms with Gasteiger partial charge in [-0.2, -0.15) is 4.31 Å². The van der Waals surface area contributed by atoms with Crippen LogP contribution in [0.3, 0.4) is 0 Å². The van der Waals surface area contributed by atoms with Crippen LogP contribution in [0.5, 0.6) is 0 Å². The molecule has 0 bridgehead atoms. The first-order valence-corrected chi connectivity index (χ1v) is 11.2. The number of carbonyl (C=O) groups is 1. The number of pyridine rings is 1. The zero-order valence-electron chi connectivity index (χ0n) is 16.0. The number of nitrogens with zero attached hydrogens (tertiary/aromatic N) is 3. The van der Waals surface area contributed by atoms with E-state index >= 15 is 0 Å². The summed E-state index contributed by atoms with van der Waals surface area (Å²) in [6, 6.07) is 12.6. The summed E-state index contributed by atoms with van der Waals surface area (Å²) in [6.07, 6.45) is 3.46. The maximum absolute atomic E-state index is 12.8. The molecule has 6 nitrogen and oxygen atoms in total. The molecule has 2 aromatic rings. The van der Waals surface area contributed by atoms with Gasteiger partial charge in [0.2, 0.25) is 10.0 Å². The average molecular weight is 400 g/mol. The summed E-state index contributed by atoms with van der Waals surface area (Å²) >= 11 is 0. The molecule has 2 fully saturated rings. The molecule has 2 saturated heterocycles. The van der Waals surface area contributed by atoms with Gasteiger partial charge in [0.25, 0.3) is 0 Å². The Kier molecular flexibility index (Phi) is 5.31. The number of aromatic nitrogens is 1. The Hall–Kier alpha value is -2.09. The molecule has 0 aliphatic carbocycles. The number of carbonyl (C=O) groups excluding carboxylic acids is 1. The van der Waals surface area contributed by atoms with E-state index in [1.807, 2.05) is 25.1 Å². The third-order valence-corrected chi connectivity index (χ3v) is 7.59. The lowest BCUT2D eigenvalue weighted by atomic mass is 9.90. The van der Waals surface area contributed by atoms with Gasteiger partial charge in [-0.05, 0) is 50.6 Å². The van der Waals surface area contributed by atoms with E-state index in [-0.39, 0.29) is 17.7 Å². The number of sulfonamides is 1. The number of aryl methyl sites for hydroxylation is 1. The van der Waals surface area contributed by atoms with Crippen LogP contribution in [-0.4, -0.2) is 60.6 Å². The van der Waals surface area contributed by atoms with Gasteiger partial charge in [-0.15, -0.1) is 0 Å². The number of hydrogen-bond acceptors (Lipinski definition) is 5. The largest absolute Gasteiger partial charge is 0.297 e. The van der Waals surface area contributed by atoms with E-state index in [0.29, 0.717) is 30.2 Å². The second kappa shape index (κ2) is 7.73. The van der Waals surface area contributed by atoms with E-state index in [9.17, 15) is 13.2 Å². The molecule has 0 amide bonds. The van der Waals surface area contributed by atoms with Gasteiger partial charge in [-0.3, -0.25) is 14.7 Å². The van der Waals surface area contributed by atoms with Gasteiger partial charge in [0.1, 0.15) is 5.69 Å². The average Bonchev–Trinajstić information content (AvgIpc) is 2.67. The molecule has 0 N–H and O–H groups in total. The normalized spacial score (nSPS) is 22.0. The lowest BCUT2D eigenvalue weighted by Gasteiger charge is -2.47. The monoisotopic (exact) mass is 399 g/mol. The van der Waals surface area contributed by atoms with Gasteiger partial charge >= 0.3 is 0 Å². The lowest BCUT2D eigenvalue weighted by Crippen LogP contribution is -2.62. The molecule has 3 heterocycles. The predicted molar refractivity (Wildman–Crippen MR) is 107 cm³/mol. The Balaban J connectivity index is 1.38. The second-order valence-corrected chi connectivity index (χ2v) is 9.64. The minimum Gasteiger partial charge on any atom is -0.297 e. The van der Waals surface area contributed by atoms with Crippen molar-refractivity contribution in [1.29, 1.82) is 0 Å². The van der Waals surface area contributed by atoms with Crippen molar-refractivity contribution in [3.05, 3.63) is 59.9 Å². The standard InChI is InChI=1S/C21H25N3O3S/c1-16-7-9-19(10-8-16)28(26,27)24-14-18(15-24)23-12-4-5-17(13-23)21(25)20-6-2-3-11-22-20/h2-3,6-11,17-18H,4-5,12-15H2,1H3. The summed E-state index contributed by atoms with van der Waals surface area (Å²) < 4.78 is 27.0. The Labute approximate surface area is 166 Å². The zero-order valence-corrected chi connectivity index (χ0v) is 16.8. The van der Waals surface area contributed by atoms with Crippen molar-refractivity contribution in [2.45, 2.75) is 30.7 Å². The quantitative estimate of drug-likeness (QED) is 0.722. The minimum atomic E-state index is -3.43. The maximum Gasteiger partial charge on any atom is 0.243 e. The maximum atomic E-state index is 12.8. The van der Waals surface area contributed by atoms with Crippen molar-refractivity contribution in [2.24, 2.45) is 5.92 Å². The molecular weight excluding hydrogens is 374 g/mol. The molecule has 4 rings (SSSR count). The highest BCUT2D eigenvalue weighted by atomic mass is 32.2. The van der Waals surface area contributed by atoms with E-state index in [1.165, 1.54) is 4.31 Å². The molecule has 148 valence electrons. The SMILES string of the molecule is Cc1ccc(S(=O)(=O)N2CC(N3CCCC(C(=O)c4ccccn4)C3)C2)cc1. The lowest BCUT2D eigenvalue weighted by molar-refractivity contribution is 0.0456. The van der Waals surface area contributed by atoms with Crippen LogP contribution in [0.4, 0.5) is 0 Å². The topological polar surface area (TPSA) is 70.6 Å². The van der Waals surface area contributed by atoms with Crippen molar-refractivity contribution in [3.8, 4) is 0 Å². The summed E-state index contributed by atoms with van der Waals surface area (Å²) in [4.78, 5) is 19.5. The first kappa shape index (κ1) is 19.2. The van der Waals surface area contributed by atoms with Crippen LogP contribution >= 0.6 is 0 Å². The number of hydrogen-bond donors (Lipinski definition) is 0. The molecule has 0 saturated carbocycles. The molecule has 7 heteroatoms. The number of benzene rings is 1. The summed E-state index contributed by atoms with van der Waals surface area (Å²) in [5, 5.41) is 0. The number of likely N-dealkylation sites (tertiary alicyclic amines) is 1.